The molecule has 0 bridgehead atoms. The lowest BCUT2D eigenvalue weighted by Crippen LogP contribution is -2.22. The molecule has 2 heterocycles. The lowest BCUT2D eigenvalue weighted by Gasteiger charge is -2.19. The fourth-order valence-corrected chi connectivity index (χ4v) is 6.30. The summed E-state index contributed by atoms with van der Waals surface area (Å²) in [5.41, 5.74) is 4.70. The van der Waals surface area contributed by atoms with Gasteiger partial charge in [0.15, 0.2) is 0 Å². The predicted molar refractivity (Wildman–Crippen MR) is 310 cm³/mol. The van der Waals surface area contributed by atoms with Crippen LogP contribution in [-0.4, -0.2) is 21.8 Å². The van der Waals surface area contributed by atoms with Crippen LogP contribution in [0.25, 0.3) is 0 Å². The maximum Gasteiger partial charge on any atom is 0.233 e. The third-order valence-corrected chi connectivity index (χ3v) is 9.38. The molecule has 2 amide bonds. The number of hydrogen-bond donors (Lipinski definition) is 2. The molecule has 0 spiro atoms. The van der Waals surface area contributed by atoms with Crippen molar-refractivity contribution in [2.75, 3.05) is 10.6 Å². The molecule has 0 aliphatic carbocycles. The Kier molecular flexibility index (Phi) is 55.5. The standard InChI is InChI=1S/2C23H24N2O.8C2H6.CH4/c2*1-18(19-10-4-2-5-11-19)15-16-21(20-12-6-3-7-13-20)23(26)25-22-14-8-9-17-24-22;8*1-2;/h2*2-14,17-18,21H,15-16H2,1H3,(H,24,25,26);8*1-2H3;1H4/t2*18?,21-;;;;;;;;;/m10........./s1. The average molecular weight is 946 g/mol. The Labute approximate surface area is 425 Å². The maximum atomic E-state index is 12.9. The molecule has 0 saturated heterocycles. The minimum atomic E-state index is -0.190. The van der Waals surface area contributed by atoms with Crippen LogP contribution in [0.2, 0.25) is 0 Å². The van der Waals surface area contributed by atoms with Crippen molar-refractivity contribution >= 4 is 23.5 Å². The van der Waals surface area contributed by atoms with Crippen LogP contribution in [0.4, 0.5) is 11.6 Å². The van der Waals surface area contributed by atoms with Gasteiger partial charge in [-0.1, -0.05) is 266 Å². The first-order chi connectivity index (χ1) is 33.5. The molecule has 4 atom stereocenters. The largest absolute Gasteiger partial charge is 0.310 e. The number of nitrogens with one attached hydrogen (secondary N) is 2. The van der Waals surface area contributed by atoms with Gasteiger partial charge in [0.2, 0.25) is 11.8 Å². The van der Waals surface area contributed by atoms with Gasteiger partial charge in [-0.05, 0) is 84.0 Å². The van der Waals surface area contributed by atoms with Crippen LogP contribution >= 0.6 is 0 Å². The Bertz CT molecular complexity index is 1750. The number of anilines is 2. The third kappa shape index (κ3) is 31.7. The highest BCUT2D eigenvalue weighted by Crippen LogP contribution is 2.30. The fraction of sp³-hybridized carbons (Fsp3) is 0.429. The zero-order valence-corrected chi connectivity index (χ0v) is 46.0. The lowest BCUT2D eigenvalue weighted by atomic mass is 9.87. The lowest BCUT2D eigenvalue weighted by molar-refractivity contribution is -0.118. The summed E-state index contributed by atoms with van der Waals surface area (Å²) < 4.78 is 0. The Morgan fingerprint density at radius 3 is 0.812 bits per heavy atom. The predicted octanol–water partition coefficient (Wildman–Crippen LogP) is 19.6. The van der Waals surface area contributed by atoms with Gasteiger partial charge in [0, 0.05) is 12.4 Å². The van der Waals surface area contributed by atoms with Crippen LogP contribution in [0.5, 0.6) is 0 Å². The van der Waals surface area contributed by atoms with E-state index in [1.807, 2.05) is 220 Å². The van der Waals surface area contributed by atoms with Crippen molar-refractivity contribution < 1.29 is 9.59 Å². The van der Waals surface area contributed by atoms with Crippen LogP contribution in [-0.2, 0) is 9.59 Å². The summed E-state index contributed by atoms with van der Waals surface area (Å²) in [5, 5.41) is 5.91. The van der Waals surface area contributed by atoms with Crippen molar-refractivity contribution in [3.8, 4) is 0 Å². The van der Waals surface area contributed by atoms with E-state index < -0.39 is 0 Å². The highest BCUT2D eigenvalue weighted by Gasteiger charge is 2.23. The van der Waals surface area contributed by atoms with Crippen molar-refractivity contribution in [3.63, 3.8) is 0 Å². The number of nitrogens with zero attached hydrogens (tertiary/aromatic N) is 2. The van der Waals surface area contributed by atoms with Crippen LogP contribution in [0.3, 0.4) is 0 Å². The molecular formula is C63H100N4O2. The highest BCUT2D eigenvalue weighted by molar-refractivity contribution is 5.95. The van der Waals surface area contributed by atoms with E-state index in [9.17, 15) is 9.59 Å². The monoisotopic (exact) mass is 945 g/mol. The SMILES string of the molecule is C.CC.CC.CC.CC.CC.CC.CC.CC.CC(CC[C@@H](C(=O)Nc1ccccn1)c1ccccc1)c1ccccc1.CC(CC[C@H](C(=O)Nc1ccccn1)c1ccccc1)c1ccccc1. The normalized spacial score (nSPS) is 10.5. The summed E-state index contributed by atoms with van der Waals surface area (Å²) in [6.07, 6.45) is 6.84. The molecule has 2 aromatic heterocycles. The van der Waals surface area contributed by atoms with E-state index in [1.54, 1.807) is 12.4 Å². The summed E-state index contributed by atoms with van der Waals surface area (Å²) in [7, 11) is 0. The molecular weight excluding hydrogens is 845 g/mol. The Balaban J connectivity index is -0.000000303. The second-order valence-corrected chi connectivity index (χ2v) is 13.1. The summed E-state index contributed by atoms with van der Waals surface area (Å²) in [5.74, 6) is 1.61. The number of carbonyl (C=O) groups excluding carboxylic acids is 2. The van der Waals surface area contributed by atoms with Crippen molar-refractivity contribution in [2.45, 2.75) is 181 Å². The first kappa shape index (κ1) is 72.1. The van der Waals surface area contributed by atoms with Crippen molar-refractivity contribution in [2.24, 2.45) is 0 Å². The number of amides is 2. The van der Waals surface area contributed by atoms with Gasteiger partial charge >= 0.3 is 0 Å². The van der Waals surface area contributed by atoms with Gasteiger partial charge in [-0.3, -0.25) is 9.59 Å². The third-order valence-electron chi connectivity index (χ3n) is 9.38. The van der Waals surface area contributed by atoms with Crippen LogP contribution in [0.15, 0.2) is 170 Å². The Morgan fingerprint density at radius 2 is 0.580 bits per heavy atom. The Morgan fingerprint density at radius 1 is 0.348 bits per heavy atom. The molecule has 0 radical (unpaired) electrons. The van der Waals surface area contributed by atoms with E-state index in [1.165, 1.54) is 11.1 Å². The molecule has 6 aromatic rings. The van der Waals surface area contributed by atoms with Crippen LogP contribution < -0.4 is 10.6 Å². The smallest absolute Gasteiger partial charge is 0.233 e. The first-order valence-electron chi connectivity index (χ1n) is 26.1. The topological polar surface area (TPSA) is 84.0 Å². The summed E-state index contributed by atoms with van der Waals surface area (Å²) >= 11 is 0. The average Bonchev–Trinajstić information content (AvgIpc) is 3.45. The van der Waals surface area contributed by atoms with Gasteiger partial charge in [-0.25, -0.2) is 9.97 Å². The maximum absolute atomic E-state index is 12.9. The minimum absolute atomic E-state index is 0. The minimum Gasteiger partial charge on any atom is -0.310 e. The number of carbonyl (C=O) groups is 2. The van der Waals surface area contributed by atoms with Gasteiger partial charge in [-0.2, -0.15) is 0 Å². The molecule has 2 unspecified atom stereocenters. The number of hydrogen-bond acceptors (Lipinski definition) is 4. The van der Waals surface area contributed by atoms with Gasteiger partial charge in [0.05, 0.1) is 11.8 Å². The molecule has 0 fully saturated rings. The first-order valence-corrected chi connectivity index (χ1v) is 26.1. The number of aromatic nitrogens is 2. The zero-order chi connectivity index (χ0) is 52.4. The van der Waals surface area contributed by atoms with Crippen molar-refractivity contribution in [1.82, 2.24) is 9.97 Å². The van der Waals surface area contributed by atoms with E-state index in [-0.39, 0.29) is 31.1 Å². The Hall–Kier alpha value is -5.88. The second-order valence-electron chi connectivity index (χ2n) is 13.1. The summed E-state index contributed by atoms with van der Waals surface area (Å²) in [6, 6.07) is 51.9. The zero-order valence-electron chi connectivity index (χ0n) is 46.0. The second kappa shape index (κ2) is 53.1. The van der Waals surface area contributed by atoms with Crippen molar-refractivity contribution in [1.29, 1.82) is 0 Å². The van der Waals surface area contributed by atoms with Gasteiger partial charge in [-0.15, -0.1) is 0 Å². The number of rotatable bonds is 14. The quantitative estimate of drug-likeness (QED) is 0.114. The summed E-state index contributed by atoms with van der Waals surface area (Å²) in [4.78, 5) is 34.2. The van der Waals surface area contributed by atoms with Gasteiger partial charge in [0.1, 0.15) is 11.6 Å². The van der Waals surface area contributed by atoms with E-state index in [2.05, 4.69) is 83.0 Å². The van der Waals surface area contributed by atoms with Gasteiger partial charge in [0.25, 0.3) is 0 Å². The molecule has 0 aliphatic rings. The van der Waals surface area contributed by atoms with E-state index >= 15 is 0 Å². The van der Waals surface area contributed by atoms with Crippen LogP contribution in [0, 0.1) is 0 Å². The van der Waals surface area contributed by atoms with Crippen LogP contribution in [0.1, 0.15) is 204 Å². The highest BCUT2D eigenvalue weighted by atomic mass is 16.2. The number of pyridine rings is 2. The molecule has 2 N–H and O–H groups in total. The molecule has 0 aliphatic heterocycles. The molecule has 384 valence electrons. The molecule has 69 heavy (non-hydrogen) atoms. The summed E-state index contributed by atoms with van der Waals surface area (Å²) in [6.45, 7) is 36.4. The van der Waals surface area contributed by atoms with Gasteiger partial charge < -0.3 is 10.6 Å². The molecule has 6 rings (SSSR count). The number of benzene rings is 4. The van der Waals surface area contributed by atoms with E-state index in [0.717, 1.165) is 36.8 Å². The van der Waals surface area contributed by atoms with E-state index in [0.29, 0.717) is 23.5 Å². The molecule has 6 heteroatoms. The van der Waals surface area contributed by atoms with Crippen molar-refractivity contribution in [3.05, 3.63) is 192 Å². The van der Waals surface area contributed by atoms with E-state index in [4.69, 9.17) is 0 Å². The molecule has 4 aromatic carbocycles. The molecule has 6 nitrogen and oxygen atoms in total. The molecule has 0 saturated carbocycles. The fourth-order valence-electron chi connectivity index (χ4n) is 6.30.